The molecule has 6 nitrogen and oxygen atoms in total. The zero-order valence-electron chi connectivity index (χ0n) is 13.1. The van der Waals surface area contributed by atoms with Crippen molar-refractivity contribution in [1.82, 2.24) is 5.32 Å². The molecular weight excluding hydrogens is 320 g/mol. The molecule has 128 valence electrons. The number of benzene rings is 1. The largest absolute Gasteiger partial charge is 0.506 e. The Morgan fingerprint density at radius 1 is 1.26 bits per heavy atom. The van der Waals surface area contributed by atoms with E-state index in [1.807, 2.05) is 0 Å². The fourth-order valence-corrected chi connectivity index (χ4v) is 2.24. The number of anilines is 1. The maximum absolute atomic E-state index is 12.0. The van der Waals surface area contributed by atoms with Crippen LogP contribution in [0.25, 0.3) is 0 Å². The molecule has 7 heteroatoms. The van der Waals surface area contributed by atoms with E-state index in [1.165, 1.54) is 18.2 Å². The van der Waals surface area contributed by atoms with Crippen molar-refractivity contribution in [2.24, 2.45) is 0 Å². The average molecular weight is 343 g/mol. The second-order valence-corrected chi connectivity index (χ2v) is 5.76. The molecule has 0 unspecified atom stereocenters. The quantitative estimate of drug-likeness (QED) is 0.387. The molecule has 0 aliphatic carbocycles. The number of carbonyl (C=O) groups is 2. The van der Waals surface area contributed by atoms with E-state index in [0.717, 1.165) is 25.7 Å². The van der Waals surface area contributed by atoms with E-state index in [9.17, 15) is 19.8 Å². The summed E-state index contributed by atoms with van der Waals surface area (Å²) in [4.78, 5) is 23.2. The number of halogens is 1. The summed E-state index contributed by atoms with van der Waals surface area (Å²) in [6, 6.07) is 3.30. The van der Waals surface area contributed by atoms with Crippen LogP contribution in [0.15, 0.2) is 18.2 Å². The number of carbonyl (C=O) groups excluding carboxylic acids is 1. The Morgan fingerprint density at radius 2 is 2.00 bits per heavy atom. The van der Waals surface area contributed by atoms with E-state index in [-0.39, 0.29) is 17.9 Å². The number of unbranched alkanes of at least 4 members (excludes halogenated alkanes) is 3. The van der Waals surface area contributed by atoms with Gasteiger partial charge in [-0.25, -0.2) is 0 Å². The van der Waals surface area contributed by atoms with Gasteiger partial charge in [0.15, 0.2) is 0 Å². The fourth-order valence-electron chi connectivity index (χ4n) is 2.07. The summed E-state index contributed by atoms with van der Waals surface area (Å²) in [6.07, 6.45) is 3.88. The van der Waals surface area contributed by atoms with E-state index in [2.05, 4.69) is 17.6 Å². The standard InChI is InChI=1S/C16H23ClN2O4/c1-2-3-4-5-8-18-13(16(22)23)10-15(21)19-12-9-11(17)6-7-14(12)20/h6-7,9,13,18,20H,2-5,8,10H2,1H3,(H,19,21)(H,22,23)/t13-/m1/s1. The molecule has 1 aromatic carbocycles. The normalized spacial score (nSPS) is 11.9. The van der Waals surface area contributed by atoms with Gasteiger partial charge in [-0.1, -0.05) is 37.8 Å². The second kappa shape index (κ2) is 10.1. The predicted molar refractivity (Wildman–Crippen MR) is 89.9 cm³/mol. The van der Waals surface area contributed by atoms with Crippen LogP contribution >= 0.6 is 11.6 Å². The minimum atomic E-state index is -1.08. The number of aliphatic carboxylic acids is 1. The van der Waals surface area contributed by atoms with Gasteiger partial charge >= 0.3 is 5.97 Å². The summed E-state index contributed by atoms with van der Waals surface area (Å²) in [7, 11) is 0. The lowest BCUT2D eigenvalue weighted by Gasteiger charge is -2.15. The Kier molecular flexibility index (Phi) is 8.43. The number of phenols is 1. The zero-order valence-corrected chi connectivity index (χ0v) is 13.9. The molecule has 0 saturated carbocycles. The van der Waals surface area contributed by atoms with Crippen molar-refractivity contribution in [2.45, 2.75) is 45.1 Å². The molecule has 1 atom stereocenters. The SMILES string of the molecule is CCCCCCN[C@H](CC(=O)Nc1cc(Cl)ccc1O)C(=O)O. The van der Waals surface area contributed by atoms with E-state index >= 15 is 0 Å². The van der Waals surface area contributed by atoms with Gasteiger partial charge < -0.3 is 20.8 Å². The van der Waals surface area contributed by atoms with E-state index in [4.69, 9.17) is 11.6 Å². The Balaban J connectivity index is 2.50. The number of phenolic OH excluding ortho intramolecular Hbond substituents is 1. The highest BCUT2D eigenvalue weighted by Gasteiger charge is 2.21. The Bertz CT molecular complexity index is 537. The van der Waals surface area contributed by atoms with E-state index < -0.39 is 17.9 Å². The molecule has 0 bridgehead atoms. The number of carboxylic acids is 1. The van der Waals surface area contributed by atoms with Crippen LogP contribution in [0.1, 0.15) is 39.0 Å². The zero-order chi connectivity index (χ0) is 17.2. The second-order valence-electron chi connectivity index (χ2n) is 5.32. The Labute approximate surface area is 140 Å². The van der Waals surface area contributed by atoms with Gasteiger partial charge in [0.05, 0.1) is 12.1 Å². The molecule has 4 N–H and O–H groups in total. The van der Waals surface area contributed by atoms with Crippen molar-refractivity contribution < 1.29 is 19.8 Å². The molecule has 0 aliphatic rings. The van der Waals surface area contributed by atoms with Gasteiger partial charge in [0.25, 0.3) is 0 Å². The lowest BCUT2D eigenvalue weighted by molar-refractivity contribution is -0.141. The van der Waals surface area contributed by atoms with Gasteiger partial charge in [0, 0.05) is 5.02 Å². The third kappa shape index (κ3) is 7.34. The van der Waals surface area contributed by atoms with Gasteiger partial charge in [-0.3, -0.25) is 9.59 Å². The van der Waals surface area contributed by atoms with Crippen LogP contribution in [-0.2, 0) is 9.59 Å². The van der Waals surface area contributed by atoms with Crippen LogP contribution < -0.4 is 10.6 Å². The molecule has 0 aliphatic heterocycles. The third-order valence-electron chi connectivity index (χ3n) is 3.34. The monoisotopic (exact) mass is 342 g/mol. The fraction of sp³-hybridized carbons (Fsp3) is 0.500. The lowest BCUT2D eigenvalue weighted by atomic mass is 10.1. The smallest absolute Gasteiger partial charge is 0.321 e. The predicted octanol–water partition coefficient (Wildman–Crippen LogP) is 3.00. The Hall–Kier alpha value is -1.79. The molecule has 1 rings (SSSR count). The first kappa shape index (κ1) is 19.3. The molecular formula is C16H23ClN2O4. The number of amides is 1. The van der Waals surface area contributed by atoms with Crippen LogP contribution in [0.4, 0.5) is 5.69 Å². The van der Waals surface area contributed by atoms with Crippen LogP contribution in [0.2, 0.25) is 5.02 Å². The number of nitrogens with one attached hydrogen (secondary N) is 2. The van der Waals surface area contributed by atoms with Gasteiger partial charge in [-0.05, 0) is 31.2 Å². The summed E-state index contributed by atoms with van der Waals surface area (Å²) in [5, 5.41) is 24.5. The lowest BCUT2D eigenvalue weighted by Crippen LogP contribution is -2.40. The molecule has 1 aromatic rings. The van der Waals surface area contributed by atoms with E-state index in [0.29, 0.717) is 11.6 Å². The van der Waals surface area contributed by atoms with Crippen LogP contribution in [0, 0.1) is 0 Å². The summed E-state index contributed by atoms with van der Waals surface area (Å²) in [5.41, 5.74) is 0.162. The number of rotatable bonds is 10. The van der Waals surface area contributed by atoms with E-state index in [1.54, 1.807) is 0 Å². The third-order valence-corrected chi connectivity index (χ3v) is 3.58. The van der Waals surface area contributed by atoms with Crippen molar-refractivity contribution in [1.29, 1.82) is 0 Å². The van der Waals surface area contributed by atoms with Crippen molar-refractivity contribution in [3.63, 3.8) is 0 Å². The topological polar surface area (TPSA) is 98.7 Å². The minimum Gasteiger partial charge on any atom is -0.506 e. The molecule has 1 amide bonds. The summed E-state index contributed by atoms with van der Waals surface area (Å²) >= 11 is 5.80. The first-order valence-corrected chi connectivity index (χ1v) is 8.06. The number of hydrogen-bond donors (Lipinski definition) is 4. The number of hydrogen-bond acceptors (Lipinski definition) is 4. The van der Waals surface area contributed by atoms with Crippen LogP contribution in [0.5, 0.6) is 5.75 Å². The first-order valence-electron chi connectivity index (χ1n) is 7.68. The molecule has 0 spiro atoms. The molecule has 0 aromatic heterocycles. The van der Waals surface area contributed by atoms with Gasteiger partial charge in [-0.15, -0.1) is 0 Å². The Morgan fingerprint density at radius 3 is 2.65 bits per heavy atom. The molecule has 0 saturated heterocycles. The molecule has 0 radical (unpaired) electrons. The summed E-state index contributed by atoms with van der Waals surface area (Å²) < 4.78 is 0. The molecule has 0 heterocycles. The highest BCUT2D eigenvalue weighted by atomic mass is 35.5. The maximum atomic E-state index is 12.0. The van der Waals surface area contributed by atoms with Crippen LogP contribution in [0.3, 0.4) is 0 Å². The van der Waals surface area contributed by atoms with Crippen molar-refractivity contribution in [2.75, 3.05) is 11.9 Å². The van der Waals surface area contributed by atoms with Gasteiger partial charge in [0.1, 0.15) is 11.8 Å². The van der Waals surface area contributed by atoms with Gasteiger partial charge in [0.2, 0.25) is 5.91 Å². The summed E-state index contributed by atoms with van der Waals surface area (Å²) in [6.45, 7) is 2.65. The maximum Gasteiger partial charge on any atom is 0.321 e. The van der Waals surface area contributed by atoms with Crippen molar-refractivity contribution >= 4 is 29.2 Å². The van der Waals surface area contributed by atoms with Crippen molar-refractivity contribution in [3.8, 4) is 5.75 Å². The molecule has 23 heavy (non-hydrogen) atoms. The minimum absolute atomic E-state index is 0.123. The first-order chi connectivity index (χ1) is 10.9. The number of aromatic hydroxyl groups is 1. The molecule has 0 fully saturated rings. The highest BCUT2D eigenvalue weighted by Crippen LogP contribution is 2.26. The summed E-state index contributed by atoms with van der Waals surface area (Å²) in [5.74, 6) is -1.70. The van der Waals surface area contributed by atoms with Crippen LogP contribution in [-0.4, -0.2) is 34.7 Å². The van der Waals surface area contributed by atoms with Gasteiger partial charge in [-0.2, -0.15) is 0 Å². The number of carboxylic acid groups (broad SMARTS) is 1. The van der Waals surface area contributed by atoms with Crippen molar-refractivity contribution in [3.05, 3.63) is 23.2 Å². The average Bonchev–Trinajstić information content (AvgIpc) is 2.49. The highest BCUT2D eigenvalue weighted by molar-refractivity contribution is 6.31.